The topological polar surface area (TPSA) is 64.3 Å². The van der Waals surface area contributed by atoms with Crippen LogP contribution in [0.25, 0.3) is 5.69 Å². The number of esters is 1. The highest BCUT2D eigenvalue weighted by molar-refractivity contribution is 5.88. The van der Waals surface area contributed by atoms with Crippen molar-refractivity contribution in [3.8, 4) is 5.69 Å². The number of carbonyl (C=O) groups is 1. The van der Waals surface area contributed by atoms with Gasteiger partial charge in [0.05, 0.1) is 24.5 Å². The molecule has 2 rings (SSSR count). The minimum absolute atomic E-state index is 0.123. The van der Waals surface area contributed by atoms with Gasteiger partial charge < -0.3 is 9.84 Å². The van der Waals surface area contributed by atoms with Crippen LogP contribution in [0.5, 0.6) is 0 Å². The molecule has 1 heterocycles. The molecule has 20 heavy (non-hydrogen) atoms. The summed E-state index contributed by atoms with van der Waals surface area (Å²) in [7, 11) is 0. The lowest BCUT2D eigenvalue weighted by Crippen LogP contribution is -2.06. The first-order chi connectivity index (χ1) is 9.54. The Labute approximate surface area is 115 Å². The van der Waals surface area contributed by atoms with Crippen molar-refractivity contribution < 1.29 is 19.0 Å². The largest absolute Gasteiger partial charge is 0.462 e. The molecule has 1 aromatic carbocycles. The maximum atomic E-state index is 14.0. The van der Waals surface area contributed by atoms with Gasteiger partial charge in [0.25, 0.3) is 0 Å². The van der Waals surface area contributed by atoms with E-state index in [1.165, 1.54) is 36.1 Å². The molecular formula is C14H15FN2O3. The highest BCUT2D eigenvalue weighted by atomic mass is 19.1. The summed E-state index contributed by atoms with van der Waals surface area (Å²) >= 11 is 0. The predicted molar refractivity (Wildman–Crippen MR) is 70.1 cm³/mol. The van der Waals surface area contributed by atoms with Gasteiger partial charge in [-0.15, -0.1) is 0 Å². The summed E-state index contributed by atoms with van der Waals surface area (Å²) in [6.07, 6.45) is 1.83. The van der Waals surface area contributed by atoms with Gasteiger partial charge in [-0.3, -0.25) is 0 Å². The third-order valence-corrected chi connectivity index (χ3v) is 2.79. The molecule has 0 radical (unpaired) electrons. The van der Waals surface area contributed by atoms with E-state index in [0.29, 0.717) is 5.56 Å². The molecule has 6 heteroatoms. The smallest absolute Gasteiger partial charge is 0.341 e. The number of benzene rings is 1. The Hall–Kier alpha value is -2.21. The summed E-state index contributed by atoms with van der Waals surface area (Å²) < 4.78 is 20.0. The van der Waals surface area contributed by atoms with Crippen LogP contribution in [-0.4, -0.2) is 27.5 Å². The Bertz CT molecular complexity index is 623. The molecule has 0 unspecified atom stereocenters. The van der Waals surface area contributed by atoms with Crippen LogP contribution in [0, 0.1) is 5.82 Å². The van der Waals surface area contributed by atoms with Crippen molar-refractivity contribution in [2.75, 3.05) is 6.61 Å². The SMILES string of the molecule is CCOC(=O)c1cnn(-c2c(F)cccc2[C@@H](C)O)c1. The Kier molecular flexibility index (Phi) is 4.14. The molecule has 0 fully saturated rings. The van der Waals surface area contributed by atoms with Crippen molar-refractivity contribution >= 4 is 5.97 Å². The zero-order chi connectivity index (χ0) is 14.7. The van der Waals surface area contributed by atoms with Crippen LogP contribution >= 0.6 is 0 Å². The van der Waals surface area contributed by atoms with Crippen molar-refractivity contribution in [2.45, 2.75) is 20.0 Å². The van der Waals surface area contributed by atoms with E-state index >= 15 is 0 Å². The van der Waals surface area contributed by atoms with Gasteiger partial charge in [-0.05, 0) is 19.9 Å². The molecule has 0 aliphatic rings. The minimum atomic E-state index is -0.851. The molecule has 0 bridgehead atoms. The van der Waals surface area contributed by atoms with E-state index in [1.807, 2.05) is 0 Å². The van der Waals surface area contributed by atoms with Gasteiger partial charge in [0.1, 0.15) is 11.5 Å². The first-order valence-corrected chi connectivity index (χ1v) is 6.23. The highest BCUT2D eigenvalue weighted by Crippen LogP contribution is 2.24. The number of hydrogen-bond acceptors (Lipinski definition) is 4. The van der Waals surface area contributed by atoms with E-state index in [2.05, 4.69) is 5.10 Å². The Morgan fingerprint density at radius 3 is 2.95 bits per heavy atom. The third-order valence-electron chi connectivity index (χ3n) is 2.79. The van der Waals surface area contributed by atoms with Gasteiger partial charge in [-0.1, -0.05) is 12.1 Å². The van der Waals surface area contributed by atoms with Crippen LogP contribution in [0.1, 0.15) is 35.9 Å². The van der Waals surface area contributed by atoms with E-state index in [4.69, 9.17) is 4.74 Å². The van der Waals surface area contributed by atoms with Crippen LogP contribution in [0.15, 0.2) is 30.6 Å². The predicted octanol–water partition coefficient (Wildman–Crippen LogP) is 2.24. The average molecular weight is 278 g/mol. The molecule has 106 valence electrons. The third kappa shape index (κ3) is 2.70. The first kappa shape index (κ1) is 14.2. The average Bonchev–Trinajstić information content (AvgIpc) is 2.88. The van der Waals surface area contributed by atoms with Crippen molar-refractivity contribution in [2.24, 2.45) is 0 Å². The molecule has 0 amide bonds. The van der Waals surface area contributed by atoms with Crippen molar-refractivity contribution in [3.63, 3.8) is 0 Å². The second-order valence-corrected chi connectivity index (χ2v) is 4.25. The maximum Gasteiger partial charge on any atom is 0.341 e. The molecular weight excluding hydrogens is 263 g/mol. The number of ether oxygens (including phenoxy) is 1. The number of hydrogen-bond donors (Lipinski definition) is 1. The Morgan fingerprint density at radius 2 is 2.30 bits per heavy atom. The van der Waals surface area contributed by atoms with Gasteiger partial charge in [0.15, 0.2) is 0 Å². The van der Waals surface area contributed by atoms with Crippen LogP contribution < -0.4 is 0 Å². The number of aliphatic hydroxyl groups is 1. The lowest BCUT2D eigenvalue weighted by atomic mass is 10.1. The normalized spacial score (nSPS) is 12.2. The lowest BCUT2D eigenvalue weighted by molar-refractivity contribution is 0.0526. The molecule has 0 saturated heterocycles. The van der Waals surface area contributed by atoms with Crippen LogP contribution in [0.2, 0.25) is 0 Å². The highest BCUT2D eigenvalue weighted by Gasteiger charge is 2.17. The Morgan fingerprint density at radius 1 is 1.55 bits per heavy atom. The zero-order valence-electron chi connectivity index (χ0n) is 11.2. The summed E-state index contributed by atoms with van der Waals surface area (Å²) in [5.41, 5.74) is 0.744. The van der Waals surface area contributed by atoms with Crippen LogP contribution in [0.4, 0.5) is 4.39 Å². The molecule has 1 N–H and O–H groups in total. The quantitative estimate of drug-likeness (QED) is 0.871. The maximum absolute atomic E-state index is 14.0. The fourth-order valence-corrected chi connectivity index (χ4v) is 1.88. The van der Waals surface area contributed by atoms with Crippen LogP contribution in [-0.2, 0) is 4.74 Å². The van der Waals surface area contributed by atoms with E-state index in [-0.39, 0.29) is 17.9 Å². The molecule has 2 aromatic rings. The van der Waals surface area contributed by atoms with E-state index in [9.17, 15) is 14.3 Å². The molecule has 0 aliphatic carbocycles. The molecule has 1 aromatic heterocycles. The standard InChI is InChI=1S/C14H15FN2O3/c1-3-20-14(19)10-7-16-17(8-10)13-11(9(2)18)5-4-6-12(13)15/h4-9,18H,3H2,1-2H3/t9-/m1/s1. The Balaban J connectivity index is 2.45. The van der Waals surface area contributed by atoms with E-state index < -0.39 is 17.9 Å². The molecule has 0 saturated carbocycles. The van der Waals surface area contributed by atoms with Crippen molar-refractivity contribution in [3.05, 3.63) is 47.5 Å². The summed E-state index contributed by atoms with van der Waals surface area (Å²) in [5, 5.41) is 13.6. The fraction of sp³-hybridized carbons (Fsp3) is 0.286. The number of carbonyl (C=O) groups excluding carboxylic acids is 1. The van der Waals surface area contributed by atoms with Gasteiger partial charge >= 0.3 is 5.97 Å². The summed E-state index contributed by atoms with van der Waals surface area (Å²) in [6.45, 7) is 3.49. The number of aliphatic hydroxyl groups excluding tert-OH is 1. The number of para-hydroxylation sites is 1. The monoisotopic (exact) mass is 278 g/mol. The lowest BCUT2D eigenvalue weighted by Gasteiger charge is -2.12. The van der Waals surface area contributed by atoms with Crippen molar-refractivity contribution in [1.82, 2.24) is 9.78 Å². The second kappa shape index (κ2) is 5.83. The molecule has 0 spiro atoms. The second-order valence-electron chi connectivity index (χ2n) is 4.25. The van der Waals surface area contributed by atoms with E-state index in [0.717, 1.165) is 0 Å². The summed E-state index contributed by atoms with van der Waals surface area (Å²) in [4.78, 5) is 11.6. The summed E-state index contributed by atoms with van der Waals surface area (Å²) in [6, 6.07) is 4.39. The number of nitrogens with zero attached hydrogens (tertiary/aromatic N) is 2. The number of aromatic nitrogens is 2. The molecule has 1 atom stereocenters. The van der Waals surface area contributed by atoms with Gasteiger partial charge in [0, 0.05) is 11.8 Å². The fourth-order valence-electron chi connectivity index (χ4n) is 1.88. The van der Waals surface area contributed by atoms with Crippen LogP contribution in [0.3, 0.4) is 0 Å². The van der Waals surface area contributed by atoms with Gasteiger partial charge in [0.2, 0.25) is 0 Å². The van der Waals surface area contributed by atoms with Crippen molar-refractivity contribution in [1.29, 1.82) is 0 Å². The van der Waals surface area contributed by atoms with Gasteiger partial charge in [-0.2, -0.15) is 5.10 Å². The minimum Gasteiger partial charge on any atom is -0.462 e. The van der Waals surface area contributed by atoms with Gasteiger partial charge in [-0.25, -0.2) is 13.9 Å². The molecule has 0 aliphatic heterocycles. The summed E-state index contributed by atoms with van der Waals surface area (Å²) in [5.74, 6) is -1.05. The van der Waals surface area contributed by atoms with E-state index in [1.54, 1.807) is 13.0 Å². The number of halogens is 1. The molecule has 5 nitrogen and oxygen atoms in total. The zero-order valence-corrected chi connectivity index (χ0v) is 11.2. The number of rotatable bonds is 4. The first-order valence-electron chi connectivity index (χ1n) is 6.23.